The maximum absolute atomic E-state index is 14.4. The van der Waals surface area contributed by atoms with Crippen molar-refractivity contribution < 1.29 is 38.3 Å². The van der Waals surface area contributed by atoms with Crippen molar-refractivity contribution in [2.75, 3.05) is 64.4 Å². The molecule has 0 amide bonds. The van der Waals surface area contributed by atoms with Crippen LogP contribution < -0.4 is 23.8 Å². The van der Waals surface area contributed by atoms with E-state index in [0.29, 0.717) is 120 Å². The Kier molecular flexibility index (Phi) is 13.2. The van der Waals surface area contributed by atoms with Gasteiger partial charge in [-0.1, -0.05) is 35.3 Å². The summed E-state index contributed by atoms with van der Waals surface area (Å²) in [7, 11) is 2.10. The van der Waals surface area contributed by atoms with Crippen LogP contribution >= 0.6 is 34.5 Å². The monoisotopic (exact) mass is 957 g/mol. The lowest BCUT2D eigenvalue weighted by molar-refractivity contribution is -0.145. The Morgan fingerprint density at radius 3 is 2.39 bits per heavy atom. The van der Waals surface area contributed by atoms with Crippen LogP contribution in [0.1, 0.15) is 42.1 Å². The first kappa shape index (κ1) is 45.8. The van der Waals surface area contributed by atoms with Crippen molar-refractivity contribution in [1.82, 2.24) is 29.7 Å². The molecule has 3 aromatic heterocycles. The van der Waals surface area contributed by atoms with Gasteiger partial charge >= 0.3 is 5.97 Å². The van der Waals surface area contributed by atoms with E-state index in [1.165, 1.54) is 29.8 Å². The molecule has 3 aromatic carbocycles. The quantitative estimate of drug-likeness (QED) is 0.150. The number of aromatic nitrogens is 4. The van der Waals surface area contributed by atoms with Crippen molar-refractivity contribution in [2.24, 2.45) is 0 Å². The predicted octanol–water partition coefficient (Wildman–Crippen LogP) is 8.27. The predicted molar refractivity (Wildman–Crippen MR) is 252 cm³/mol. The highest BCUT2D eigenvalue weighted by atomic mass is 35.5. The molecule has 6 aromatic rings. The van der Waals surface area contributed by atoms with Gasteiger partial charge in [-0.2, -0.15) is 0 Å². The molecule has 346 valence electrons. The minimum Gasteiger partial charge on any atom is -0.490 e. The molecule has 2 atom stereocenters. The number of piperidine rings is 1. The van der Waals surface area contributed by atoms with Gasteiger partial charge in [0.2, 0.25) is 17.9 Å². The molecule has 2 N–H and O–H groups in total. The van der Waals surface area contributed by atoms with Gasteiger partial charge in [-0.25, -0.2) is 29.1 Å². The first-order valence-electron chi connectivity index (χ1n) is 21.9. The van der Waals surface area contributed by atoms with Crippen molar-refractivity contribution in [1.29, 1.82) is 0 Å². The molecule has 7 heterocycles. The highest BCUT2D eigenvalue weighted by Crippen LogP contribution is 2.53. The van der Waals surface area contributed by atoms with Gasteiger partial charge in [0.25, 0.3) is 0 Å². The summed E-state index contributed by atoms with van der Waals surface area (Å²) in [6.45, 7) is 11.0. The van der Waals surface area contributed by atoms with Crippen LogP contribution in [-0.2, 0) is 17.8 Å². The number of fused-ring (bicyclic) bond motifs is 7. The summed E-state index contributed by atoms with van der Waals surface area (Å²) in [5.41, 5.74) is 3.65. The first-order chi connectivity index (χ1) is 31.7. The third-order valence-electron chi connectivity index (χ3n) is 12.6. The number of aliphatic carboxylic acids is 1. The summed E-state index contributed by atoms with van der Waals surface area (Å²) in [5.74, 6) is 0.104. The first-order valence-corrected chi connectivity index (χ1v) is 23.5. The molecule has 4 aliphatic rings. The van der Waals surface area contributed by atoms with E-state index in [1.54, 1.807) is 42.6 Å². The number of benzene rings is 3. The van der Waals surface area contributed by atoms with E-state index in [9.17, 15) is 19.4 Å². The van der Waals surface area contributed by atoms with Crippen LogP contribution in [0.3, 0.4) is 0 Å². The van der Waals surface area contributed by atoms with Crippen molar-refractivity contribution in [3.63, 3.8) is 0 Å². The number of hydrogen-bond acceptors (Lipinski definition) is 14. The Labute approximate surface area is 395 Å². The van der Waals surface area contributed by atoms with E-state index in [4.69, 9.17) is 47.1 Å². The molecule has 66 heavy (non-hydrogen) atoms. The number of carbonyl (C=O) groups is 1. The SMILES string of the molecule is Cc1c(Cl)c2c(Cl)c(C)c1-c1c(-c3ccc(F)cc3)sc3ncnc(c13)O[C@@H](C(=O)O)Cc1cc(ccc1OCc1ccnc(N3CCC(C)(O)CC3)n1)OC[C@@H](CN1CCN(C)CC1)O2. The van der Waals surface area contributed by atoms with Crippen molar-refractivity contribution in [2.45, 2.75) is 64.4 Å². The summed E-state index contributed by atoms with van der Waals surface area (Å²) in [4.78, 5) is 39.6. The third kappa shape index (κ3) is 9.71. The van der Waals surface area contributed by atoms with Crippen LogP contribution in [-0.4, -0.2) is 123 Å². The van der Waals surface area contributed by atoms with Crippen LogP contribution in [0, 0.1) is 19.7 Å². The fourth-order valence-electron chi connectivity index (χ4n) is 8.67. The zero-order valence-electron chi connectivity index (χ0n) is 37.0. The molecule has 2 saturated heterocycles. The topological polar surface area (TPSA) is 156 Å². The molecule has 0 saturated carbocycles. The zero-order valence-corrected chi connectivity index (χ0v) is 39.4. The molecule has 0 unspecified atom stereocenters. The molecular weight excluding hydrogens is 909 g/mol. The van der Waals surface area contributed by atoms with E-state index >= 15 is 0 Å². The zero-order chi connectivity index (χ0) is 46.3. The van der Waals surface area contributed by atoms with E-state index in [-0.39, 0.29) is 25.5 Å². The van der Waals surface area contributed by atoms with E-state index in [2.05, 4.69) is 31.8 Å². The Bertz CT molecular complexity index is 2730. The van der Waals surface area contributed by atoms with Gasteiger partial charge in [0, 0.05) is 74.4 Å². The number of likely N-dealkylation sites (N-methyl/N-ethyl adjacent to an activating group) is 1. The number of carboxylic acids is 1. The van der Waals surface area contributed by atoms with Gasteiger partial charge in [0.1, 0.15) is 47.8 Å². The van der Waals surface area contributed by atoms with Gasteiger partial charge in [0.15, 0.2) is 5.75 Å². The Morgan fingerprint density at radius 1 is 0.955 bits per heavy atom. The normalized spacial score (nSPS) is 19.2. The molecule has 10 rings (SSSR count). The van der Waals surface area contributed by atoms with Gasteiger partial charge in [-0.05, 0) is 99.3 Å². The van der Waals surface area contributed by atoms with Crippen LogP contribution in [0.4, 0.5) is 10.3 Å². The van der Waals surface area contributed by atoms with Crippen LogP contribution in [0.15, 0.2) is 61.1 Å². The maximum atomic E-state index is 14.4. The van der Waals surface area contributed by atoms with Crippen molar-refractivity contribution in [3.05, 3.63) is 99.3 Å². The fraction of sp³-hybridized carbons (Fsp3) is 0.396. The maximum Gasteiger partial charge on any atom is 0.345 e. The second kappa shape index (κ2) is 19.1. The van der Waals surface area contributed by atoms with E-state index < -0.39 is 29.6 Å². The number of carboxylic acid groups (broad SMARTS) is 1. The number of rotatable bonds is 8. The number of ether oxygens (including phenoxy) is 4. The average molecular weight is 959 g/mol. The molecule has 4 bridgehead atoms. The lowest BCUT2D eigenvalue weighted by Gasteiger charge is -2.35. The fourth-order valence-corrected chi connectivity index (χ4v) is 10.3. The highest BCUT2D eigenvalue weighted by molar-refractivity contribution is 7.22. The molecule has 4 aliphatic heterocycles. The molecule has 0 radical (unpaired) electrons. The summed E-state index contributed by atoms with van der Waals surface area (Å²) in [5, 5.41) is 22.4. The van der Waals surface area contributed by atoms with E-state index in [1.807, 2.05) is 25.7 Å². The Hall–Kier alpha value is -5.36. The largest absolute Gasteiger partial charge is 0.490 e. The third-order valence-corrected chi connectivity index (χ3v) is 14.6. The summed E-state index contributed by atoms with van der Waals surface area (Å²) >= 11 is 16.0. The van der Waals surface area contributed by atoms with E-state index in [0.717, 1.165) is 26.2 Å². The molecule has 0 aliphatic carbocycles. The molecule has 0 spiro atoms. The second-order valence-electron chi connectivity index (χ2n) is 17.4. The summed E-state index contributed by atoms with van der Waals surface area (Å²) in [6.07, 6.45) is 2.06. The molecular formula is C48H50Cl2FN7O7S. The Balaban J connectivity index is 1.14. The molecule has 18 heteroatoms. The molecule has 2 fully saturated rings. The Morgan fingerprint density at radius 2 is 1.68 bits per heavy atom. The lowest BCUT2D eigenvalue weighted by Crippen LogP contribution is -2.49. The summed E-state index contributed by atoms with van der Waals surface area (Å²) < 4.78 is 40.6. The van der Waals surface area contributed by atoms with Gasteiger partial charge in [0.05, 0.1) is 26.7 Å². The minimum atomic E-state index is -1.47. The van der Waals surface area contributed by atoms with Crippen LogP contribution in [0.2, 0.25) is 10.0 Å². The number of halogens is 3. The molecule has 14 nitrogen and oxygen atoms in total. The van der Waals surface area contributed by atoms with Gasteiger partial charge < -0.3 is 39.0 Å². The average Bonchev–Trinajstić information content (AvgIpc) is 3.69. The number of nitrogens with zero attached hydrogens (tertiary/aromatic N) is 7. The van der Waals surface area contributed by atoms with Gasteiger partial charge in [-0.3, -0.25) is 4.90 Å². The number of thiophene rings is 1. The second-order valence-corrected chi connectivity index (χ2v) is 19.2. The highest BCUT2D eigenvalue weighted by Gasteiger charge is 2.33. The smallest absolute Gasteiger partial charge is 0.345 e. The minimum absolute atomic E-state index is 0.0255. The number of anilines is 1. The van der Waals surface area contributed by atoms with Crippen LogP contribution in [0.25, 0.3) is 31.8 Å². The van der Waals surface area contributed by atoms with Crippen LogP contribution in [0.5, 0.6) is 23.1 Å². The number of aliphatic hydroxyl groups is 1. The summed E-state index contributed by atoms with van der Waals surface area (Å²) in [6, 6.07) is 13.2. The van der Waals surface area contributed by atoms with Crippen molar-refractivity contribution >= 4 is 56.7 Å². The lowest BCUT2D eigenvalue weighted by atomic mass is 9.92. The van der Waals surface area contributed by atoms with Crippen molar-refractivity contribution in [3.8, 4) is 44.7 Å². The number of hydrogen-bond donors (Lipinski definition) is 2. The van der Waals surface area contributed by atoms with Gasteiger partial charge in [-0.15, -0.1) is 11.3 Å². The standard InChI is InChI=1S/C48H50Cl2FN7O7S/c1-27-37-28(2)41(50)42(40(27)49)64-34(23-57-19-17-56(4)18-20-57)25-62-33-9-10-35(63-24-32-11-14-52-47(55-32)58-15-12-48(3,61)13-16-58)30(21-33)22-36(46(59)60)65-44-39-38(37)43(66-45(39)54-26-53-44)29-5-7-31(51)8-6-29/h5-11,14,21,26,34,36,61H,12-13,15-20,22-25H2,1-4H3,(H,59,60)/t34-,36-/m1/s1. The number of piperazine rings is 1.